The molecule has 0 aliphatic carbocycles. The van der Waals surface area contributed by atoms with E-state index in [1.165, 1.54) is 6.07 Å². The number of nitrogens with one attached hydrogen (secondary N) is 1. The molecule has 144 valence electrons. The van der Waals surface area contributed by atoms with Gasteiger partial charge in [0.2, 0.25) is 5.91 Å². The summed E-state index contributed by atoms with van der Waals surface area (Å²) in [6.07, 6.45) is -4.44. The number of fused-ring (bicyclic) bond motifs is 1. The molecule has 1 atom stereocenters. The average molecular weight is 386 g/mol. The van der Waals surface area contributed by atoms with Gasteiger partial charge in [0, 0.05) is 12.0 Å². The lowest BCUT2D eigenvalue weighted by molar-refractivity contribution is -0.137. The summed E-state index contributed by atoms with van der Waals surface area (Å²) in [5, 5.41) is 4.32. The van der Waals surface area contributed by atoms with Crippen molar-refractivity contribution in [2.24, 2.45) is 5.73 Å². The van der Waals surface area contributed by atoms with Crippen LogP contribution in [0.25, 0.3) is 10.8 Å². The third-order valence-electron chi connectivity index (χ3n) is 4.40. The molecule has 0 aliphatic rings. The minimum Gasteiger partial charge on any atom is -0.368 e. The van der Waals surface area contributed by atoms with Gasteiger partial charge in [-0.2, -0.15) is 13.2 Å². The molecule has 0 radical (unpaired) electrons. The van der Waals surface area contributed by atoms with Gasteiger partial charge >= 0.3 is 6.18 Å². The summed E-state index contributed by atoms with van der Waals surface area (Å²) in [4.78, 5) is 24.3. The molecule has 2 amide bonds. The highest BCUT2D eigenvalue weighted by atomic mass is 19.4. The molecule has 3 rings (SSSR count). The Labute approximate surface area is 159 Å². The van der Waals surface area contributed by atoms with Gasteiger partial charge in [0.05, 0.1) is 5.56 Å². The number of carbonyl (C=O) groups excluding carboxylic acids is 2. The molecule has 0 saturated heterocycles. The Bertz CT molecular complexity index is 1030. The second-order valence-electron chi connectivity index (χ2n) is 6.35. The van der Waals surface area contributed by atoms with Crippen LogP contribution < -0.4 is 11.1 Å². The Morgan fingerprint density at radius 1 is 0.964 bits per heavy atom. The molecule has 0 fully saturated rings. The molecule has 7 heteroatoms. The van der Waals surface area contributed by atoms with E-state index in [9.17, 15) is 22.8 Å². The van der Waals surface area contributed by atoms with Gasteiger partial charge in [0.15, 0.2) is 0 Å². The normalized spacial score (nSPS) is 12.5. The summed E-state index contributed by atoms with van der Waals surface area (Å²) >= 11 is 0. The molecule has 28 heavy (non-hydrogen) atoms. The highest BCUT2D eigenvalue weighted by Gasteiger charge is 2.31. The molecule has 0 aromatic heterocycles. The summed E-state index contributed by atoms with van der Waals surface area (Å²) in [5.41, 5.74) is 5.08. The number of carbonyl (C=O) groups is 2. The Kier molecular flexibility index (Phi) is 5.35. The molecule has 0 saturated carbocycles. The fourth-order valence-corrected chi connectivity index (χ4v) is 2.99. The number of hydrogen-bond donors (Lipinski definition) is 2. The lowest BCUT2D eigenvalue weighted by atomic mass is 9.98. The first-order valence-corrected chi connectivity index (χ1v) is 8.50. The molecule has 4 nitrogen and oxygen atoms in total. The van der Waals surface area contributed by atoms with E-state index in [1.807, 2.05) is 42.5 Å². The Hall–Kier alpha value is -3.35. The monoisotopic (exact) mass is 386 g/mol. The minimum atomic E-state index is -4.57. The van der Waals surface area contributed by atoms with E-state index in [4.69, 9.17) is 5.73 Å². The van der Waals surface area contributed by atoms with Crippen molar-refractivity contribution in [3.63, 3.8) is 0 Å². The van der Waals surface area contributed by atoms with Gasteiger partial charge in [-0.1, -0.05) is 48.5 Å². The van der Waals surface area contributed by atoms with Gasteiger partial charge < -0.3 is 11.1 Å². The summed E-state index contributed by atoms with van der Waals surface area (Å²) in [6, 6.07) is 16.0. The maximum Gasteiger partial charge on any atom is 0.416 e. The largest absolute Gasteiger partial charge is 0.416 e. The molecule has 3 aromatic carbocycles. The van der Waals surface area contributed by atoms with E-state index in [0.717, 1.165) is 34.5 Å². The molecular weight excluding hydrogens is 369 g/mol. The highest BCUT2D eigenvalue weighted by Crippen LogP contribution is 2.29. The second kappa shape index (κ2) is 7.72. The van der Waals surface area contributed by atoms with Crippen LogP contribution in [-0.2, 0) is 17.4 Å². The van der Waals surface area contributed by atoms with E-state index >= 15 is 0 Å². The van der Waals surface area contributed by atoms with E-state index < -0.39 is 29.6 Å². The van der Waals surface area contributed by atoms with Crippen LogP contribution in [0.5, 0.6) is 0 Å². The van der Waals surface area contributed by atoms with Crippen LogP contribution in [0, 0.1) is 0 Å². The Morgan fingerprint density at radius 3 is 2.36 bits per heavy atom. The van der Waals surface area contributed by atoms with E-state index in [2.05, 4.69) is 5.32 Å². The second-order valence-corrected chi connectivity index (χ2v) is 6.35. The van der Waals surface area contributed by atoms with Crippen molar-refractivity contribution in [1.82, 2.24) is 5.32 Å². The van der Waals surface area contributed by atoms with Crippen molar-refractivity contribution in [1.29, 1.82) is 0 Å². The predicted molar refractivity (Wildman–Crippen MR) is 99.5 cm³/mol. The zero-order chi connectivity index (χ0) is 20.3. The maximum absolute atomic E-state index is 12.9. The summed E-state index contributed by atoms with van der Waals surface area (Å²) in [6.45, 7) is 0. The topological polar surface area (TPSA) is 72.2 Å². The number of nitrogens with two attached hydrogens (primary N) is 1. The Balaban J connectivity index is 1.84. The minimum absolute atomic E-state index is 0.126. The first kappa shape index (κ1) is 19.4. The van der Waals surface area contributed by atoms with Gasteiger partial charge in [0.1, 0.15) is 6.04 Å². The van der Waals surface area contributed by atoms with Crippen LogP contribution in [0.2, 0.25) is 0 Å². The van der Waals surface area contributed by atoms with Crippen LogP contribution in [0.3, 0.4) is 0 Å². The van der Waals surface area contributed by atoms with Crippen LogP contribution in [-0.4, -0.2) is 17.9 Å². The van der Waals surface area contributed by atoms with Gasteiger partial charge in [-0.3, -0.25) is 9.59 Å². The number of rotatable bonds is 5. The number of amides is 2. The van der Waals surface area contributed by atoms with Crippen molar-refractivity contribution < 1.29 is 22.8 Å². The van der Waals surface area contributed by atoms with Gasteiger partial charge in [-0.15, -0.1) is 0 Å². The van der Waals surface area contributed by atoms with Crippen LogP contribution in [0.1, 0.15) is 21.5 Å². The van der Waals surface area contributed by atoms with Crippen LogP contribution in [0.15, 0.2) is 66.7 Å². The van der Waals surface area contributed by atoms with Crippen molar-refractivity contribution in [2.75, 3.05) is 0 Å². The molecule has 0 unspecified atom stereocenters. The first-order valence-electron chi connectivity index (χ1n) is 8.50. The third-order valence-corrected chi connectivity index (χ3v) is 4.40. The molecule has 3 aromatic rings. The molecular formula is C21H17F3N2O2. The third kappa shape index (κ3) is 4.31. The molecule has 0 bridgehead atoms. The fourth-order valence-electron chi connectivity index (χ4n) is 2.99. The van der Waals surface area contributed by atoms with Crippen molar-refractivity contribution in [3.8, 4) is 0 Å². The van der Waals surface area contributed by atoms with E-state index in [-0.39, 0.29) is 12.0 Å². The number of primary amides is 1. The van der Waals surface area contributed by atoms with Gasteiger partial charge in [-0.05, 0) is 34.5 Å². The maximum atomic E-state index is 12.9. The van der Waals surface area contributed by atoms with Gasteiger partial charge in [0.25, 0.3) is 5.91 Å². The number of alkyl halides is 3. The first-order chi connectivity index (χ1) is 13.3. The summed E-state index contributed by atoms with van der Waals surface area (Å²) < 4.78 is 38.6. The average Bonchev–Trinajstić information content (AvgIpc) is 2.67. The SMILES string of the molecule is NC(=O)[C@@H](Cc1cccc2ccccc12)NC(=O)c1cccc(C(F)(F)F)c1. The van der Waals surface area contributed by atoms with Gasteiger partial charge in [-0.25, -0.2) is 0 Å². The van der Waals surface area contributed by atoms with E-state index in [1.54, 1.807) is 0 Å². The molecule has 0 aliphatic heterocycles. The standard InChI is InChI=1S/C21H17F3N2O2/c22-21(23,24)16-9-4-8-15(11-16)20(28)26-18(19(25)27)12-14-7-3-6-13-5-1-2-10-17(13)14/h1-11,18H,12H2,(H2,25,27)(H,26,28)/t18-/m1/s1. The van der Waals surface area contributed by atoms with Crippen LogP contribution in [0.4, 0.5) is 13.2 Å². The zero-order valence-corrected chi connectivity index (χ0v) is 14.7. The Morgan fingerprint density at radius 2 is 1.64 bits per heavy atom. The number of halogens is 3. The van der Waals surface area contributed by atoms with Crippen molar-refractivity contribution in [2.45, 2.75) is 18.6 Å². The number of hydrogen-bond acceptors (Lipinski definition) is 2. The van der Waals surface area contributed by atoms with Crippen molar-refractivity contribution >= 4 is 22.6 Å². The summed E-state index contributed by atoms with van der Waals surface area (Å²) in [7, 11) is 0. The van der Waals surface area contributed by atoms with Crippen LogP contribution >= 0.6 is 0 Å². The summed E-state index contributed by atoms with van der Waals surface area (Å²) in [5.74, 6) is -1.57. The molecule has 0 heterocycles. The fraction of sp³-hybridized carbons (Fsp3) is 0.143. The predicted octanol–water partition coefficient (Wildman–Crippen LogP) is 3.69. The number of benzene rings is 3. The lowest BCUT2D eigenvalue weighted by Gasteiger charge is -2.17. The zero-order valence-electron chi connectivity index (χ0n) is 14.7. The highest BCUT2D eigenvalue weighted by molar-refractivity contribution is 5.97. The van der Waals surface area contributed by atoms with E-state index in [0.29, 0.717) is 0 Å². The lowest BCUT2D eigenvalue weighted by Crippen LogP contribution is -2.45. The quantitative estimate of drug-likeness (QED) is 0.702. The molecule has 3 N–H and O–H groups in total. The van der Waals surface area contributed by atoms with Crippen molar-refractivity contribution in [3.05, 3.63) is 83.4 Å². The smallest absolute Gasteiger partial charge is 0.368 e. The molecule has 0 spiro atoms.